The van der Waals surface area contributed by atoms with Gasteiger partial charge in [0.05, 0.1) is 41.7 Å². The molecule has 3 aromatic rings. The maximum atomic E-state index is 14.5. The van der Waals surface area contributed by atoms with Crippen molar-refractivity contribution >= 4 is 46.6 Å². The highest BCUT2D eigenvalue weighted by atomic mass is 35.5. The van der Waals surface area contributed by atoms with Crippen molar-refractivity contribution in [1.29, 1.82) is 0 Å². The van der Waals surface area contributed by atoms with Crippen LogP contribution in [0, 0.1) is 36.0 Å². The largest absolute Gasteiger partial charge is 0.508 e. The SMILES string of the molecule is COc1cc(O)ccc1[C@H]1C2=CC[C@@H]3C(=O)N(c4ccc(C)c(Cl)c4)C(=O)[C@@H]3[C@@H]2C[C@H]2C(=O)N(c3ccccc3)C(=O)[C@@]12C. The van der Waals surface area contributed by atoms with Crippen LogP contribution in [-0.4, -0.2) is 35.8 Å². The van der Waals surface area contributed by atoms with Gasteiger partial charge in [-0.1, -0.05) is 53.6 Å². The van der Waals surface area contributed by atoms with Crippen molar-refractivity contribution in [3.05, 3.63) is 94.5 Å². The van der Waals surface area contributed by atoms with Crippen molar-refractivity contribution in [3.63, 3.8) is 0 Å². The van der Waals surface area contributed by atoms with E-state index in [0.29, 0.717) is 34.1 Å². The molecule has 1 saturated carbocycles. The number of allylic oxidation sites excluding steroid dienone is 2. The summed E-state index contributed by atoms with van der Waals surface area (Å²) in [5.41, 5.74) is 2.02. The molecule has 0 bridgehead atoms. The molecule has 6 atom stereocenters. The zero-order valence-corrected chi connectivity index (χ0v) is 25.2. The van der Waals surface area contributed by atoms with Crippen LogP contribution in [0.5, 0.6) is 11.5 Å². The summed E-state index contributed by atoms with van der Waals surface area (Å²) in [5, 5.41) is 10.7. The highest BCUT2D eigenvalue weighted by molar-refractivity contribution is 6.32. The quantitative estimate of drug-likeness (QED) is 0.296. The Kier molecular flexibility index (Phi) is 6.48. The van der Waals surface area contributed by atoms with Crippen LogP contribution >= 0.6 is 11.6 Å². The number of phenolic OH excluding ortho intramolecular Hbond substituents is 1. The minimum atomic E-state index is -1.21. The molecule has 224 valence electrons. The molecule has 4 amide bonds. The molecule has 0 unspecified atom stereocenters. The van der Waals surface area contributed by atoms with E-state index in [0.717, 1.165) is 11.1 Å². The summed E-state index contributed by atoms with van der Waals surface area (Å²) in [6.45, 7) is 3.67. The Morgan fingerprint density at radius 1 is 0.886 bits per heavy atom. The molecule has 3 aromatic carbocycles. The fourth-order valence-electron chi connectivity index (χ4n) is 8.10. The molecule has 2 aliphatic carbocycles. The molecular formula is C35H31ClN2O6. The second-order valence-corrected chi connectivity index (χ2v) is 12.8. The molecule has 7 rings (SSSR count). The number of nitrogens with zero attached hydrogens (tertiary/aromatic N) is 2. The number of fused-ring (bicyclic) bond motifs is 4. The van der Waals surface area contributed by atoms with Gasteiger partial charge >= 0.3 is 0 Å². The summed E-state index contributed by atoms with van der Waals surface area (Å²) >= 11 is 6.38. The standard InChI is InChI=1S/C35H31ClN2O6/c1-18-9-10-20(15-27(18)36)37-31(40)24-14-13-22-25(29(24)33(37)42)17-26-32(41)38(19-7-5-4-6-8-19)34(43)35(26,2)30(22)23-12-11-21(39)16-28(23)44-3/h4-13,15-16,24-26,29-30,39H,14,17H2,1-3H3/t24-,25+,26-,29-,30+,35+/m0/s1. The van der Waals surface area contributed by atoms with Crippen molar-refractivity contribution in [2.24, 2.45) is 29.1 Å². The van der Waals surface area contributed by atoms with Crippen LogP contribution in [0.3, 0.4) is 0 Å². The predicted molar refractivity (Wildman–Crippen MR) is 164 cm³/mol. The molecule has 4 aliphatic rings. The first-order valence-electron chi connectivity index (χ1n) is 14.7. The molecule has 2 aliphatic heterocycles. The van der Waals surface area contributed by atoms with Crippen LogP contribution in [0.2, 0.25) is 5.02 Å². The Morgan fingerprint density at radius 2 is 1.64 bits per heavy atom. The van der Waals surface area contributed by atoms with Gasteiger partial charge in [-0.15, -0.1) is 0 Å². The molecule has 1 N–H and O–H groups in total. The average molecular weight is 611 g/mol. The third-order valence-electron chi connectivity index (χ3n) is 10.2. The van der Waals surface area contributed by atoms with E-state index in [1.807, 2.05) is 26.0 Å². The minimum absolute atomic E-state index is 0.000977. The summed E-state index contributed by atoms with van der Waals surface area (Å²) in [6, 6.07) is 18.7. The highest BCUT2D eigenvalue weighted by Gasteiger charge is 2.68. The molecule has 44 heavy (non-hydrogen) atoms. The predicted octanol–water partition coefficient (Wildman–Crippen LogP) is 5.80. The third-order valence-corrected chi connectivity index (χ3v) is 10.6. The van der Waals surface area contributed by atoms with Crippen LogP contribution < -0.4 is 14.5 Å². The van der Waals surface area contributed by atoms with E-state index in [4.69, 9.17) is 16.3 Å². The van der Waals surface area contributed by atoms with Gasteiger partial charge in [-0.3, -0.25) is 19.2 Å². The van der Waals surface area contributed by atoms with Crippen molar-refractivity contribution in [3.8, 4) is 11.5 Å². The summed E-state index contributed by atoms with van der Waals surface area (Å²) in [6.07, 6.45) is 2.55. The number of carbonyl (C=O) groups excluding carboxylic acids is 4. The normalized spacial score (nSPS) is 29.4. The van der Waals surface area contributed by atoms with Crippen molar-refractivity contribution in [1.82, 2.24) is 0 Å². The number of benzene rings is 3. The fraction of sp³-hybridized carbons (Fsp3) is 0.314. The number of para-hydroxylation sites is 1. The Balaban J connectivity index is 1.38. The lowest BCUT2D eigenvalue weighted by atomic mass is 9.51. The van der Waals surface area contributed by atoms with Crippen LogP contribution in [-0.2, 0) is 19.2 Å². The third kappa shape index (κ3) is 3.83. The van der Waals surface area contributed by atoms with Gasteiger partial charge in [0.1, 0.15) is 11.5 Å². The number of rotatable bonds is 4. The first-order chi connectivity index (χ1) is 21.1. The van der Waals surface area contributed by atoms with Crippen LogP contribution in [0.1, 0.15) is 36.8 Å². The Labute approximate surface area is 259 Å². The van der Waals surface area contributed by atoms with Gasteiger partial charge in [0.25, 0.3) is 0 Å². The zero-order chi connectivity index (χ0) is 31.1. The molecule has 0 aromatic heterocycles. The Morgan fingerprint density at radius 3 is 2.34 bits per heavy atom. The summed E-state index contributed by atoms with van der Waals surface area (Å²) in [4.78, 5) is 59.3. The molecular weight excluding hydrogens is 580 g/mol. The molecule has 0 radical (unpaired) electrons. The second kappa shape index (κ2) is 10.1. The Bertz CT molecular complexity index is 1790. The lowest BCUT2D eigenvalue weighted by Crippen LogP contribution is -2.49. The molecule has 2 heterocycles. The number of aryl methyl sites for hydroxylation is 1. The van der Waals surface area contributed by atoms with Gasteiger partial charge in [-0.05, 0) is 68.5 Å². The van der Waals surface area contributed by atoms with Crippen LogP contribution in [0.15, 0.2) is 78.4 Å². The minimum Gasteiger partial charge on any atom is -0.508 e. The fourth-order valence-corrected chi connectivity index (χ4v) is 8.27. The summed E-state index contributed by atoms with van der Waals surface area (Å²) < 4.78 is 5.71. The average Bonchev–Trinajstić information content (AvgIpc) is 3.38. The number of methoxy groups -OCH3 is 1. The van der Waals surface area contributed by atoms with E-state index < -0.39 is 35.0 Å². The number of ether oxygens (including phenoxy) is 1. The van der Waals surface area contributed by atoms with Crippen molar-refractivity contribution < 1.29 is 29.0 Å². The summed E-state index contributed by atoms with van der Waals surface area (Å²) in [5.74, 6) is -4.06. The van der Waals surface area contributed by atoms with Gasteiger partial charge in [-0.25, -0.2) is 9.80 Å². The van der Waals surface area contributed by atoms with E-state index in [-0.39, 0.29) is 35.8 Å². The lowest BCUT2D eigenvalue weighted by molar-refractivity contribution is -0.131. The number of aromatic hydroxyl groups is 1. The van der Waals surface area contributed by atoms with Gasteiger partial charge in [0, 0.05) is 22.6 Å². The van der Waals surface area contributed by atoms with E-state index in [1.165, 1.54) is 29.0 Å². The first kappa shape index (κ1) is 28.3. The molecule has 0 spiro atoms. The molecule has 8 nitrogen and oxygen atoms in total. The molecule has 3 fully saturated rings. The second-order valence-electron chi connectivity index (χ2n) is 12.4. The number of hydrogen-bond donors (Lipinski definition) is 1. The van der Waals surface area contributed by atoms with Gasteiger partial charge in [-0.2, -0.15) is 0 Å². The van der Waals surface area contributed by atoms with E-state index in [1.54, 1.807) is 48.5 Å². The smallest absolute Gasteiger partial charge is 0.241 e. The van der Waals surface area contributed by atoms with Crippen LogP contribution in [0.4, 0.5) is 11.4 Å². The maximum Gasteiger partial charge on any atom is 0.241 e. The summed E-state index contributed by atoms with van der Waals surface area (Å²) in [7, 11) is 1.49. The van der Waals surface area contributed by atoms with Crippen molar-refractivity contribution in [2.75, 3.05) is 16.9 Å². The monoisotopic (exact) mass is 610 g/mol. The molecule has 9 heteroatoms. The highest BCUT2D eigenvalue weighted by Crippen LogP contribution is 2.64. The number of phenols is 1. The number of amides is 4. The first-order valence-corrected chi connectivity index (χ1v) is 15.1. The lowest BCUT2D eigenvalue weighted by Gasteiger charge is -2.49. The maximum absolute atomic E-state index is 14.5. The number of carbonyl (C=O) groups is 4. The number of imide groups is 2. The number of anilines is 2. The van der Waals surface area contributed by atoms with Gasteiger partial charge in [0.15, 0.2) is 0 Å². The Hall–Kier alpha value is -4.43. The van der Waals surface area contributed by atoms with Gasteiger partial charge in [0.2, 0.25) is 23.6 Å². The van der Waals surface area contributed by atoms with Crippen LogP contribution in [0.25, 0.3) is 0 Å². The topological polar surface area (TPSA) is 104 Å². The number of hydrogen-bond acceptors (Lipinski definition) is 6. The van der Waals surface area contributed by atoms with E-state index in [9.17, 15) is 24.3 Å². The van der Waals surface area contributed by atoms with E-state index in [2.05, 4.69) is 0 Å². The molecule has 2 saturated heterocycles. The number of halogens is 1. The zero-order valence-electron chi connectivity index (χ0n) is 24.5. The van der Waals surface area contributed by atoms with E-state index >= 15 is 0 Å². The van der Waals surface area contributed by atoms with Gasteiger partial charge < -0.3 is 9.84 Å². The van der Waals surface area contributed by atoms with Crippen molar-refractivity contribution in [2.45, 2.75) is 32.6 Å².